The first kappa shape index (κ1) is 25.0. The van der Waals surface area contributed by atoms with Gasteiger partial charge in [-0.25, -0.2) is 4.79 Å². The van der Waals surface area contributed by atoms with Crippen LogP contribution in [-0.4, -0.2) is 22.8 Å². The van der Waals surface area contributed by atoms with Crippen molar-refractivity contribution in [1.82, 2.24) is 4.98 Å². The Balaban J connectivity index is 1.17. The van der Waals surface area contributed by atoms with Crippen molar-refractivity contribution >= 4 is 33.6 Å². The van der Waals surface area contributed by atoms with Crippen LogP contribution in [0.5, 0.6) is 0 Å². The predicted molar refractivity (Wildman–Crippen MR) is 153 cm³/mol. The number of H-pyrrole nitrogens is 1. The maximum atomic E-state index is 13.7. The third-order valence-corrected chi connectivity index (χ3v) is 12.2. The number of benzene rings is 2. The molecule has 1 aromatic heterocycles. The second-order valence-corrected chi connectivity index (χ2v) is 13.6. The smallest absolute Gasteiger partial charge is 0.340 e. The number of aromatic nitrogens is 1. The van der Waals surface area contributed by atoms with Crippen molar-refractivity contribution in [3.8, 4) is 0 Å². The standard InChI is InChI=1S/C34H39NO4/c1-19-17-21(36)18-20-11-12-22-26-13-14-29(33(26,2)16-15-27(22)34(19,20)3)39-32(38)25-9-6-8-24-30(25)35-28-10-5-4-7-23(28)31(24)37/h4-10,19-20,22,26-27,29H,11-18H2,1-3H3,(H,35,37)/t19?,20?,22-,26-,27-,29?,33-,34-/m0/s1. The summed E-state index contributed by atoms with van der Waals surface area (Å²) in [4.78, 5) is 42.6. The summed E-state index contributed by atoms with van der Waals surface area (Å²) in [5.41, 5.74) is 1.86. The Morgan fingerprint density at radius 1 is 0.897 bits per heavy atom. The summed E-state index contributed by atoms with van der Waals surface area (Å²) in [6.45, 7) is 7.17. The van der Waals surface area contributed by atoms with Crippen molar-refractivity contribution < 1.29 is 14.3 Å². The van der Waals surface area contributed by atoms with Gasteiger partial charge >= 0.3 is 5.97 Å². The number of esters is 1. The molecule has 2 aromatic carbocycles. The zero-order valence-corrected chi connectivity index (χ0v) is 23.3. The van der Waals surface area contributed by atoms with Gasteiger partial charge in [-0.3, -0.25) is 9.59 Å². The molecule has 0 bridgehead atoms. The van der Waals surface area contributed by atoms with Crippen LogP contribution in [0, 0.1) is 40.4 Å². The highest BCUT2D eigenvalue weighted by atomic mass is 16.5. The summed E-state index contributed by atoms with van der Waals surface area (Å²) >= 11 is 0. The van der Waals surface area contributed by atoms with E-state index in [2.05, 4.69) is 25.8 Å². The van der Waals surface area contributed by atoms with Gasteiger partial charge in [0.05, 0.1) is 11.1 Å². The largest absolute Gasteiger partial charge is 0.458 e. The van der Waals surface area contributed by atoms with Crippen LogP contribution in [0.25, 0.3) is 21.8 Å². The fourth-order valence-electron chi connectivity index (χ4n) is 9.93. The molecular formula is C34H39NO4. The van der Waals surface area contributed by atoms with Gasteiger partial charge in [0, 0.05) is 34.5 Å². The molecule has 1 heterocycles. The minimum Gasteiger partial charge on any atom is -0.458 e. The van der Waals surface area contributed by atoms with Crippen LogP contribution in [0.4, 0.5) is 0 Å². The van der Waals surface area contributed by atoms with Crippen LogP contribution in [0.15, 0.2) is 47.3 Å². The fraction of sp³-hybridized carbons (Fsp3) is 0.559. The Labute approximate surface area is 229 Å². The maximum Gasteiger partial charge on any atom is 0.340 e. The number of fused-ring (bicyclic) bond motifs is 7. The van der Waals surface area contributed by atoms with Gasteiger partial charge in [0.1, 0.15) is 11.9 Å². The molecule has 0 aliphatic heterocycles. The number of nitrogens with one attached hydrogen (secondary N) is 1. The molecule has 1 N–H and O–H groups in total. The van der Waals surface area contributed by atoms with E-state index in [9.17, 15) is 14.4 Å². The van der Waals surface area contributed by atoms with E-state index in [0.717, 1.165) is 50.5 Å². The Hall–Kier alpha value is -2.95. The maximum absolute atomic E-state index is 13.7. The number of Topliss-reactive ketones (excluding diaryl/α,β-unsaturated/α-hetero) is 1. The van der Waals surface area contributed by atoms with E-state index in [1.807, 2.05) is 24.3 Å². The minimum absolute atomic E-state index is 0.0293. The minimum atomic E-state index is -0.337. The zero-order chi connectivity index (χ0) is 27.1. The first-order valence-corrected chi connectivity index (χ1v) is 15.0. The van der Waals surface area contributed by atoms with E-state index in [1.165, 1.54) is 6.42 Å². The average molecular weight is 526 g/mol. The van der Waals surface area contributed by atoms with E-state index in [4.69, 9.17) is 4.74 Å². The summed E-state index contributed by atoms with van der Waals surface area (Å²) < 4.78 is 6.37. The molecule has 0 radical (unpaired) electrons. The van der Waals surface area contributed by atoms with Crippen molar-refractivity contribution in [3.05, 3.63) is 58.3 Å². The number of pyridine rings is 1. The van der Waals surface area contributed by atoms with E-state index in [0.29, 0.717) is 57.2 Å². The van der Waals surface area contributed by atoms with Gasteiger partial charge in [-0.2, -0.15) is 0 Å². The van der Waals surface area contributed by atoms with Crippen LogP contribution >= 0.6 is 0 Å². The normalized spacial score (nSPS) is 37.8. The molecule has 4 fully saturated rings. The van der Waals surface area contributed by atoms with Gasteiger partial charge in [0.25, 0.3) is 0 Å². The molecular weight excluding hydrogens is 486 g/mol. The van der Waals surface area contributed by atoms with Crippen LogP contribution < -0.4 is 5.43 Å². The second kappa shape index (κ2) is 8.78. The highest BCUT2D eigenvalue weighted by molar-refractivity contribution is 6.05. The summed E-state index contributed by atoms with van der Waals surface area (Å²) in [6.07, 6.45) is 7.96. The van der Waals surface area contributed by atoms with Crippen LogP contribution in [0.1, 0.15) is 82.5 Å². The van der Waals surface area contributed by atoms with Gasteiger partial charge in [-0.1, -0.05) is 39.0 Å². The predicted octanol–water partition coefficient (Wildman–Crippen LogP) is 7.06. The molecule has 0 spiro atoms. The number of rotatable bonds is 2. The van der Waals surface area contributed by atoms with Gasteiger partial charge in [0.15, 0.2) is 5.43 Å². The van der Waals surface area contributed by atoms with Gasteiger partial charge < -0.3 is 9.72 Å². The monoisotopic (exact) mass is 525 g/mol. The number of hydrogen-bond acceptors (Lipinski definition) is 4. The van der Waals surface area contributed by atoms with E-state index in [1.54, 1.807) is 18.2 Å². The molecule has 3 unspecified atom stereocenters. The lowest BCUT2D eigenvalue weighted by Crippen LogP contribution is -2.56. The number of aromatic amines is 1. The number of ether oxygens (including phenoxy) is 1. The number of ketones is 1. The van der Waals surface area contributed by atoms with E-state index >= 15 is 0 Å². The highest BCUT2D eigenvalue weighted by Gasteiger charge is 2.62. The fourth-order valence-corrected chi connectivity index (χ4v) is 9.93. The molecule has 39 heavy (non-hydrogen) atoms. The molecule has 4 aliphatic carbocycles. The lowest BCUT2D eigenvalue weighted by Gasteiger charge is -2.62. The average Bonchev–Trinajstić information content (AvgIpc) is 3.25. The van der Waals surface area contributed by atoms with Gasteiger partial charge in [0.2, 0.25) is 0 Å². The Bertz CT molecular complexity index is 1560. The Morgan fingerprint density at radius 3 is 2.54 bits per heavy atom. The first-order chi connectivity index (χ1) is 18.7. The van der Waals surface area contributed by atoms with Crippen molar-refractivity contribution in [2.75, 3.05) is 0 Å². The first-order valence-electron chi connectivity index (χ1n) is 15.0. The summed E-state index contributed by atoms with van der Waals surface area (Å²) in [7, 11) is 0. The molecule has 5 heteroatoms. The molecule has 0 saturated heterocycles. The summed E-state index contributed by atoms with van der Waals surface area (Å²) in [5, 5.41) is 1.14. The highest BCUT2D eigenvalue weighted by Crippen LogP contribution is 2.67. The zero-order valence-electron chi connectivity index (χ0n) is 23.3. The van der Waals surface area contributed by atoms with E-state index < -0.39 is 0 Å². The number of carbonyl (C=O) groups is 2. The molecule has 4 aliphatic rings. The van der Waals surface area contributed by atoms with Crippen molar-refractivity contribution in [3.63, 3.8) is 0 Å². The van der Waals surface area contributed by atoms with Crippen LogP contribution in [-0.2, 0) is 9.53 Å². The van der Waals surface area contributed by atoms with Crippen LogP contribution in [0.3, 0.4) is 0 Å². The van der Waals surface area contributed by atoms with E-state index in [-0.39, 0.29) is 28.3 Å². The lowest BCUT2D eigenvalue weighted by atomic mass is 9.43. The molecule has 3 aromatic rings. The molecule has 7 rings (SSSR count). The quantitative estimate of drug-likeness (QED) is 0.287. The molecule has 8 atom stereocenters. The summed E-state index contributed by atoms with van der Waals surface area (Å²) in [5.74, 6) is 2.94. The number of para-hydroxylation sites is 2. The molecule has 4 saturated carbocycles. The van der Waals surface area contributed by atoms with Gasteiger partial charge in [-0.05, 0) is 97.8 Å². The third-order valence-electron chi connectivity index (χ3n) is 12.2. The summed E-state index contributed by atoms with van der Waals surface area (Å²) in [6, 6.07) is 12.8. The number of carbonyl (C=O) groups excluding carboxylic acids is 2. The van der Waals surface area contributed by atoms with Gasteiger partial charge in [-0.15, -0.1) is 0 Å². The van der Waals surface area contributed by atoms with Crippen molar-refractivity contribution in [2.45, 2.75) is 78.2 Å². The molecule has 5 nitrogen and oxygen atoms in total. The molecule has 204 valence electrons. The number of hydrogen-bond donors (Lipinski definition) is 1. The Kier molecular flexibility index (Phi) is 5.64. The second-order valence-electron chi connectivity index (χ2n) is 13.6. The Morgan fingerprint density at radius 2 is 1.69 bits per heavy atom. The van der Waals surface area contributed by atoms with Crippen molar-refractivity contribution in [2.24, 2.45) is 40.4 Å². The topological polar surface area (TPSA) is 76.2 Å². The SMILES string of the molecule is CC1CC(=O)CC2CC[C@@H]3[C@H](CC[C@]4(C)C(OC(=O)c5cccc6c(=O)c7ccccc7[nH]c56)CC[C@@H]34)[C@@]12C. The third kappa shape index (κ3) is 3.54. The lowest BCUT2D eigenvalue weighted by molar-refractivity contribution is -0.154. The molecule has 0 amide bonds. The van der Waals surface area contributed by atoms with Crippen molar-refractivity contribution in [1.29, 1.82) is 0 Å². The van der Waals surface area contributed by atoms with Crippen LogP contribution in [0.2, 0.25) is 0 Å².